The molecule has 2 amide bonds. The second kappa shape index (κ2) is 10.2. The fourth-order valence-corrected chi connectivity index (χ4v) is 2.86. The van der Waals surface area contributed by atoms with Gasteiger partial charge in [-0.2, -0.15) is 0 Å². The van der Waals surface area contributed by atoms with E-state index < -0.39 is 12.0 Å². The lowest BCUT2D eigenvalue weighted by atomic mass is 10.3. The van der Waals surface area contributed by atoms with Crippen LogP contribution in [0.5, 0.6) is 0 Å². The molecule has 142 valence electrons. The maximum absolute atomic E-state index is 12.3. The van der Waals surface area contributed by atoms with Crippen molar-refractivity contribution >= 4 is 51.3 Å². The minimum absolute atomic E-state index is 0.0603. The number of rotatable bonds is 9. The molecule has 0 bridgehead atoms. The van der Waals surface area contributed by atoms with Gasteiger partial charge in [0.05, 0.1) is 33.0 Å². The Morgan fingerprint density at radius 2 is 2.12 bits per heavy atom. The number of esters is 1. The number of halogens is 1. The summed E-state index contributed by atoms with van der Waals surface area (Å²) < 4.78 is 15.3. The first kappa shape index (κ1) is 20.3. The van der Waals surface area contributed by atoms with Crippen LogP contribution in [0, 0.1) is 0 Å². The van der Waals surface area contributed by atoms with Gasteiger partial charge < -0.3 is 14.2 Å². The molecule has 0 aliphatic heterocycles. The summed E-state index contributed by atoms with van der Waals surface area (Å²) in [6, 6.07) is 1.08. The first-order valence-corrected chi connectivity index (χ1v) is 9.05. The summed E-state index contributed by atoms with van der Waals surface area (Å²) in [6.07, 6.45) is 0. The lowest BCUT2D eigenvalue weighted by Crippen LogP contribution is -2.40. The third kappa shape index (κ3) is 5.01. The SMILES string of the molecule is CCOC(=O)c1nc2ccsc2nc1N(CCOCCOC)C(=O)NCl. The van der Waals surface area contributed by atoms with Crippen molar-refractivity contribution in [2.75, 3.05) is 45.0 Å². The number of carbonyl (C=O) groups excluding carboxylic acids is 2. The molecular weight excluding hydrogens is 384 g/mol. The Morgan fingerprint density at radius 1 is 1.31 bits per heavy atom. The van der Waals surface area contributed by atoms with Crippen molar-refractivity contribution in [3.8, 4) is 0 Å². The number of nitrogens with zero attached hydrogens (tertiary/aromatic N) is 3. The Balaban J connectivity index is 2.34. The van der Waals surface area contributed by atoms with E-state index in [9.17, 15) is 9.59 Å². The number of aromatic nitrogens is 2. The van der Waals surface area contributed by atoms with Gasteiger partial charge in [-0.3, -0.25) is 4.90 Å². The maximum atomic E-state index is 12.3. The van der Waals surface area contributed by atoms with Crippen LogP contribution in [-0.4, -0.2) is 62.1 Å². The molecule has 2 heterocycles. The van der Waals surface area contributed by atoms with Gasteiger partial charge >= 0.3 is 12.0 Å². The van der Waals surface area contributed by atoms with E-state index in [4.69, 9.17) is 26.0 Å². The molecule has 0 radical (unpaired) electrons. The van der Waals surface area contributed by atoms with E-state index in [2.05, 4.69) is 9.97 Å². The van der Waals surface area contributed by atoms with Crippen molar-refractivity contribution in [1.29, 1.82) is 0 Å². The monoisotopic (exact) mass is 402 g/mol. The average Bonchev–Trinajstić information content (AvgIpc) is 3.11. The Morgan fingerprint density at radius 3 is 2.81 bits per heavy atom. The third-order valence-corrected chi connectivity index (χ3v) is 4.18. The number of urea groups is 1. The number of fused-ring (bicyclic) bond motifs is 1. The highest BCUT2D eigenvalue weighted by Crippen LogP contribution is 2.25. The van der Waals surface area contributed by atoms with Crippen molar-refractivity contribution in [2.24, 2.45) is 0 Å². The largest absolute Gasteiger partial charge is 0.461 e. The van der Waals surface area contributed by atoms with Gasteiger partial charge in [0, 0.05) is 18.9 Å². The molecule has 9 nitrogen and oxygen atoms in total. The molecule has 2 rings (SSSR count). The zero-order valence-electron chi connectivity index (χ0n) is 14.4. The molecule has 0 spiro atoms. The second-order valence-corrected chi connectivity index (χ2v) is 5.97. The molecule has 1 N–H and O–H groups in total. The molecule has 2 aromatic rings. The van der Waals surface area contributed by atoms with E-state index in [1.807, 2.05) is 4.84 Å². The standard InChI is InChI=1S/C15H19ClN4O5S/c1-3-25-14(21)11-12(18-13-10(17-11)4-9-26-13)20(15(22)19-16)5-6-24-8-7-23-2/h4,9H,3,5-8H2,1-2H3,(H,19,22). The summed E-state index contributed by atoms with van der Waals surface area (Å²) in [5, 5.41) is 1.79. The molecule has 0 aromatic carbocycles. The van der Waals surface area contributed by atoms with Gasteiger partial charge in [-0.25, -0.2) is 24.4 Å². The number of methoxy groups -OCH3 is 1. The number of carbonyl (C=O) groups is 2. The molecular formula is C15H19ClN4O5S. The highest BCUT2D eigenvalue weighted by molar-refractivity contribution is 7.16. The molecule has 0 aliphatic carbocycles. The normalized spacial score (nSPS) is 10.7. The first-order chi connectivity index (χ1) is 12.6. The highest BCUT2D eigenvalue weighted by atomic mass is 35.5. The van der Waals surface area contributed by atoms with E-state index in [0.29, 0.717) is 23.6 Å². The van der Waals surface area contributed by atoms with Crippen molar-refractivity contribution in [3.05, 3.63) is 17.1 Å². The number of hydrogen-bond donors (Lipinski definition) is 1. The fraction of sp³-hybridized carbons (Fsp3) is 0.467. The predicted octanol–water partition coefficient (Wildman–Crippen LogP) is 2.20. The topological polar surface area (TPSA) is 103 Å². The van der Waals surface area contributed by atoms with Crippen molar-refractivity contribution < 1.29 is 23.8 Å². The van der Waals surface area contributed by atoms with Gasteiger partial charge in [-0.15, -0.1) is 11.3 Å². The first-order valence-electron chi connectivity index (χ1n) is 7.79. The molecule has 0 saturated carbocycles. The van der Waals surface area contributed by atoms with E-state index in [-0.39, 0.29) is 31.3 Å². The minimum Gasteiger partial charge on any atom is -0.461 e. The lowest BCUT2D eigenvalue weighted by molar-refractivity contribution is 0.0520. The summed E-state index contributed by atoms with van der Waals surface area (Å²) in [5.74, 6) is -0.609. The second-order valence-electron chi connectivity index (χ2n) is 4.88. The number of nitrogens with one attached hydrogen (secondary N) is 1. The summed E-state index contributed by atoms with van der Waals surface area (Å²) in [6.45, 7) is 2.95. The van der Waals surface area contributed by atoms with Crippen LogP contribution in [0.25, 0.3) is 10.3 Å². The Bertz CT molecular complexity index is 757. The van der Waals surface area contributed by atoms with Gasteiger partial charge in [0.15, 0.2) is 11.5 Å². The van der Waals surface area contributed by atoms with Crippen LogP contribution in [0.4, 0.5) is 10.6 Å². The van der Waals surface area contributed by atoms with Crippen LogP contribution in [-0.2, 0) is 14.2 Å². The van der Waals surface area contributed by atoms with Crippen LogP contribution in [0.3, 0.4) is 0 Å². The summed E-state index contributed by atoms with van der Waals surface area (Å²) in [5.41, 5.74) is 0.485. The van der Waals surface area contributed by atoms with Gasteiger partial charge in [0.2, 0.25) is 0 Å². The average molecular weight is 403 g/mol. The molecule has 0 aliphatic rings. The molecule has 11 heteroatoms. The lowest BCUT2D eigenvalue weighted by Gasteiger charge is -2.22. The molecule has 0 saturated heterocycles. The number of anilines is 1. The number of thiophene rings is 1. The minimum atomic E-state index is -0.671. The zero-order chi connectivity index (χ0) is 18.9. The van der Waals surface area contributed by atoms with Crippen LogP contribution in [0.1, 0.15) is 17.4 Å². The van der Waals surface area contributed by atoms with Crippen molar-refractivity contribution in [3.63, 3.8) is 0 Å². The highest BCUT2D eigenvalue weighted by Gasteiger charge is 2.26. The summed E-state index contributed by atoms with van der Waals surface area (Å²) in [4.78, 5) is 37.0. The Kier molecular flexibility index (Phi) is 7.98. The van der Waals surface area contributed by atoms with E-state index >= 15 is 0 Å². The van der Waals surface area contributed by atoms with Gasteiger partial charge in [-0.1, -0.05) is 0 Å². The Hall–Kier alpha value is -2.01. The van der Waals surface area contributed by atoms with Crippen LogP contribution < -0.4 is 9.74 Å². The summed E-state index contributed by atoms with van der Waals surface area (Å²) in [7, 11) is 1.56. The zero-order valence-corrected chi connectivity index (χ0v) is 15.9. The van der Waals surface area contributed by atoms with Crippen LogP contribution >= 0.6 is 23.1 Å². The Labute approximate surface area is 159 Å². The van der Waals surface area contributed by atoms with Crippen molar-refractivity contribution in [1.82, 2.24) is 14.8 Å². The number of hydrogen-bond acceptors (Lipinski definition) is 8. The smallest absolute Gasteiger partial charge is 0.360 e. The van der Waals surface area contributed by atoms with Crippen molar-refractivity contribution in [2.45, 2.75) is 6.92 Å². The molecule has 0 atom stereocenters. The van der Waals surface area contributed by atoms with Gasteiger partial charge in [0.25, 0.3) is 0 Å². The third-order valence-electron chi connectivity index (χ3n) is 3.22. The van der Waals surface area contributed by atoms with Crippen LogP contribution in [0.2, 0.25) is 0 Å². The van der Waals surface area contributed by atoms with E-state index in [1.165, 1.54) is 16.2 Å². The predicted molar refractivity (Wildman–Crippen MR) is 97.8 cm³/mol. The van der Waals surface area contributed by atoms with Gasteiger partial charge in [0.1, 0.15) is 10.3 Å². The van der Waals surface area contributed by atoms with E-state index in [0.717, 1.165) is 0 Å². The molecule has 0 unspecified atom stereocenters. The quantitative estimate of drug-likeness (QED) is 0.389. The molecule has 0 fully saturated rings. The van der Waals surface area contributed by atoms with Crippen LogP contribution in [0.15, 0.2) is 11.4 Å². The van der Waals surface area contributed by atoms with Gasteiger partial charge in [-0.05, 0) is 18.4 Å². The molecule has 26 heavy (non-hydrogen) atoms. The number of ether oxygens (including phenoxy) is 3. The fourth-order valence-electron chi connectivity index (χ4n) is 2.06. The number of amides is 2. The summed E-state index contributed by atoms with van der Waals surface area (Å²) >= 11 is 6.83. The van der Waals surface area contributed by atoms with E-state index in [1.54, 1.807) is 25.5 Å². The maximum Gasteiger partial charge on any atom is 0.360 e. The molecule has 2 aromatic heterocycles.